The first-order valence-electron chi connectivity index (χ1n) is 6.31. The highest BCUT2D eigenvalue weighted by Crippen LogP contribution is 2.21. The lowest BCUT2D eigenvalue weighted by atomic mass is 9.93. The van der Waals surface area contributed by atoms with E-state index in [9.17, 15) is 0 Å². The number of imidazole rings is 1. The Morgan fingerprint density at radius 3 is 2.44 bits per heavy atom. The van der Waals surface area contributed by atoms with E-state index in [0.29, 0.717) is 0 Å². The Morgan fingerprint density at radius 2 is 1.89 bits per heavy atom. The number of nitrogens with two attached hydrogens (primary N) is 1. The molecule has 1 aromatic carbocycles. The lowest BCUT2D eigenvalue weighted by Crippen LogP contribution is -2.15. The Morgan fingerprint density at radius 1 is 1.22 bits per heavy atom. The predicted octanol–water partition coefficient (Wildman–Crippen LogP) is 2.95. The van der Waals surface area contributed by atoms with E-state index in [2.05, 4.69) is 42.9 Å². The van der Waals surface area contributed by atoms with Crippen LogP contribution in [0, 0.1) is 0 Å². The van der Waals surface area contributed by atoms with Gasteiger partial charge in [0.25, 0.3) is 0 Å². The molecule has 2 aromatic rings. The lowest BCUT2D eigenvalue weighted by molar-refractivity contribution is 0.569. The second-order valence-electron chi connectivity index (χ2n) is 5.71. The third-order valence-electron chi connectivity index (χ3n) is 3.08. The van der Waals surface area contributed by atoms with Gasteiger partial charge in [0.1, 0.15) is 5.82 Å². The second-order valence-corrected chi connectivity index (χ2v) is 5.71. The van der Waals surface area contributed by atoms with Crippen molar-refractivity contribution in [3.8, 4) is 0 Å². The molecule has 96 valence electrons. The molecule has 1 atom stereocenters. The predicted molar refractivity (Wildman–Crippen MR) is 74.4 cm³/mol. The number of hydrogen-bond donors (Lipinski definition) is 2. The highest BCUT2D eigenvalue weighted by Gasteiger charge is 2.17. The maximum absolute atomic E-state index is 6.19. The van der Waals surface area contributed by atoms with Crippen LogP contribution in [0.15, 0.2) is 36.5 Å². The molecule has 2 rings (SSSR count). The average Bonchev–Trinajstić information content (AvgIpc) is 2.78. The highest BCUT2D eigenvalue weighted by atomic mass is 14.9. The summed E-state index contributed by atoms with van der Waals surface area (Å²) in [6, 6.07) is 10.1. The number of nitrogens with one attached hydrogen (secondary N) is 1. The summed E-state index contributed by atoms with van der Waals surface area (Å²) >= 11 is 0. The zero-order chi connectivity index (χ0) is 13.2. The first-order valence-corrected chi connectivity index (χ1v) is 6.31. The summed E-state index contributed by atoms with van der Waals surface area (Å²) in [5.74, 6) is 0.955. The van der Waals surface area contributed by atoms with Crippen molar-refractivity contribution in [2.45, 2.75) is 38.6 Å². The van der Waals surface area contributed by atoms with Gasteiger partial charge in [0.2, 0.25) is 0 Å². The van der Waals surface area contributed by atoms with Gasteiger partial charge in [-0.3, -0.25) is 0 Å². The minimum absolute atomic E-state index is 0.00910. The molecule has 1 heterocycles. The Balaban J connectivity index is 2.08. The third-order valence-corrected chi connectivity index (χ3v) is 3.08. The lowest BCUT2D eigenvalue weighted by Gasteiger charge is -2.15. The van der Waals surface area contributed by atoms with Gasteiger partial charge in [0.05, 0.1) is 0 Å². The fourth-order valence-corrected chi connectivity index (χ4v) is 1.87. The van der Waals surface area contributed by atoms with Crippen LogP contribution in [-0.4, -0.2) is 9.97 Å². The largest absolute Gasteiger partial charge is 0.345 e. The molecular weight excluding hydrogens is 222 g/mol. The SMILES string of the molecule is CC(C)(C)c1cnc(CC(N)c2ccccc2)[nH]1. The number of rotatable bonds is 3. The van der Waals surface area contributed by atoms with Crippen LogP contribution in [0.25, 0.3) is 0 Å². The van der Waals surface area contributed by atoms with Gasteiger partial charge < -0.3 is 10.7 Å². The molecule has 0 saturated carbocycles. The summed E-state index contributed by atoms with van der Waals surface area (Å²) in [4.78, 5) is 7.78. The molecular formula is C15H21N3. The topological polar surface area (TPSA) is 54.7 Å². The molecule has 0 amide bonds. The smallest absolute Gasteiger partial charge is 0.108 e. The molecule has 0 aliphatic heterocycles. The molecule has 0 aliphatic carbocycles. The van der Waals surface area contributed by atoms with Gasteiger partial charge in [0.15, 0.2) is 0 Å². The van der Waals surface area contributed by atoms with Gasteiger partial charge in [-0.25, -0.2) is 4.98 Å². The Hall–Kier alpha value is -1.61. The van der Waals surface area contributed by atoms with Gasteiger partial charge in [-0.2, -0.15) is 0 Å². The fourth-order valence-electron chi connectivity index (χ4n) is 1.87. The minimum Gasteiger partial charge on any atom is -0.345 e. The molecule has 0 fully saturated rings. The average molecular weight is 243 g/mol. The second kappa shape index (κ2) is 4.94. The van der Waals surface area contributed by atoms with E-state index in [0.717, 1.165) is 23.5 Å². The van der Waals surface area contributed by atoms with Gasteiger partial charge in [0, 0.05) is 29.8 Å². The van der Waals surface area contributed by atoms with Crippen molar-refractivity contribution in [1.82, 2.24) is 9.97 Å². The standard InChI is InChI=1S/C15H21N3/c1-15(2,3)13-10-17-14(18-13)9-12(16)11-7-5-4-6-8-11/h4-8,10,12H,9,16H2,1-3H3,(H,17,18). The summed E-state index contributed by atoms with van der Waals surface area (Å²) in [6.07, 6.45) is 2.65. The van der Waals surface area contributed by atoms with Gasteiger partial charge in [-0.1, -0.05) is 51.1 Å². The van der Waals surface area contributed by atoms with E-state index in [1.165, 1.54) is 0 Å². The molecule has 3 nitrogen and oxygen atoms in total. The summed E-state index contributed by atoms with van der Waals surface area (Å²) in [5, 5.41) is 0. The molecule has 0 radical (unpaired) electrons. The first kappa shape index (κ1) is 12.8. The van der Waals surface area contributed by atoms with E-state index in [1.807, 2.05) is 24.4 Å². The van der Waals surface area contributed by atoms with Crippen LogP contribution in [-0.2, 0) is 11.8 Å². The van der Waals surface area contributed by atoms with Crippen LogP contribution in [0.4, 0.5) is 0 Å². The number of aromatic amines is 1. The van der Waals surface area contributed by atoms with Crippen molar-refractivity contribution in [2.24, 2.45) is 5.73 Å². The van der Waals surface area contributed by atoms with Crippen molar-refractivity contribution >= 4 is 0 Å². The van der Waals surface area contributed by atoms with Crippen LogP contribution >= 0.6 is 0 Å². The maximum Gasteiger partial charge on any atom is 0.108 e. The van der Waals surface area contributed by atoms with Crippen molar-refractivity contribution < 1.29 is 0 Å². The molecule has 0 bridgehead atoms. The molecule has 1 unspecified atom stereocenters. The van der Waals surface area contributed by atoms with Crippen LogP contribution in [0.1, 0.15) is 43.9 Å². The van der Waals surface area contributed by atoms with Crippen molar-refractivity contribution in [1.29, 1.82) is 0 Å². The zero-order valence-corrected chi connectivity index (χ0v) is 11.3. The number of hydrogen-bond acceptors (Lipinski definition) is 2. The third kappa shape index (κ3) is 2.99. The zero-order valence-electron chi connectivity index (χ0n) is 11.3. The van der Waals surface area contributed by atoms with Gasteiger partial charge in [-0.05, 0) is 5.56 Å². The highest BCUT2D eigenvalue weighted by molar-refractivity contribution is 5.20. The summed E-state index contributed by atoms with van der Waals surface area (Å²) in [7, 11) is 0. The maximum atomic E-state index is 6.19. The minimum atomic E-state index is -0.00910. The van der Waals surface area contributed by atoms with E-state index >= 15 is 0 Å². The van der Waals surface area contributed by atoms with E-state index in [-0.39, 0.29) is 11.5 Å². The van der Waals surface area contributed by atoms with Gasteiger partial charge >= 0.3 is 0 Å². The summed E-state index contributed by atoms with van der Waals surface area (Å²) in [6.45, 7) is 6.50. The Kier molecular flexibility index (Phi) is 3.53. The summed E-state index contributed by atoms with van der Waals surface area (Å²) < 4.78 is 0. The van der Waals surface area contributed by atoms with Crippen molar-refractivity contribution in [3.63, 3.8) is 0 Å². The Bertz CT molecular complexity index is 494. The number of H-pyrrole nitrogens is 1. The number of aromatic nitrogens is 2. The molecule has 3 N–H and O–H groups in total. The molecule has 0 aliphatic rings. The molecule has 0 saturated heterocycles. The molecule has 3 heteroatoms. The quantitative estimate of drug-likeness (QED) is 0.870. The van der Waals surface area contributed by atoms with Crippen LogP contribution < -0.4 is 5.73 Å². The fraction of sp³-hybridized carbons (Fsp3) is 0.400. The van der Waals surface area contributed by atoms with E-state index < -0.39 is 0 Å². The first-order chi connectivity index (χ1) is 8.47. The molecule has 1 aromatic heterocycles. The van der Waals surface area contributed by atoms with E-state index in [1.54, 1.807) is 0 Å². The number of nitrogens with zero attached hydrogens (tertiary/aromatic N) is 1. The van der Waals surface area contributed by atoms with Crippen molar-refractivity contribution in [2.75, 3.05) is 0 Å². The van der Waals surface area contributed by atoms with Crippen molar-refractivity contribution in [3.05, 3.63) is 53.6 Å². The van der Waals surface area contributed by atoms with Gasteiger partial charge in [-0.15, -0.1) is 0 Å². The number of benzene rings is 1. The van der Waals surface area contributed by atoms with Crippen LogP contribution in [0.2, 0.25) is 0 Å². The Labute approximate surface area is 108 Å². The normalized spacial score (nSPS) is 13.6. The molecule has 0 spiro atoms. The molecule has 18 heavy (non-hydrogen) atoms. The van der Waals surface area contributed by atoms with Crippen LogP contribution in [0.3, 0.4) is 0 Å². The summed E-state index contributed by atoms with van der Waals surface area (Å²) in [5.41, 5.74) is 8.58. The van der Waals surface area contributed by atoms with E-state index in [4.69, 9.17) is 5.73 Å². The van der Waals surface area contributed by atoms with Crippen LogP contribution in [0.5, 0.6) is 0 Å². The monoisotopic (exact) mass is 243 g/mol.